The minimum absolute atomic E-state index is 0.0736. The third-order valence-corrected chi connectivity index (χ3v) is 3.09. The molecule has 2 aromatic rings. The Kier molecular flexibility index (Phi) is 3.52. The lowest BCUT2D eigenvalue weighted by Gasteiger charge is -2.02. The summed E-state index contributed by atoms with van der Waals surface area (Å²) in [6, 6.07) is 7.57. The minimum Gasteiger partial charge on any atom is -0.478 e. The van der Waals surface area contributed by atoms with Crippen LogP contribution in [0.25, 0.3) is 5.69 Å². The van der Waals surface area contributed by atoms with Crippen LogP contribution in [0.1, 0.15) is 35.8 Å². The molecular weight excluding hydrogens is 296 g/mol. The van der Waals surface area contributed by atoms with Gasteiger partial charge in [0.15, 0.2) is 0 Å². The molecule has 0 aliphatic carbocycles. The molecular formula is C13H13BrN2O2. The van der Waals surface area contributed by atoms with E-state index in [0.717, 1.165) is 10.2 Å². The molecule has 0 amide bonds. The molecule has 0 aliphatic heterocycles. The Hall–Kier alpha value is -1.62. The van der Waals surface area contributed by atoms with Crippen LogP contribution < -0.4 is 0 Å². The Labute approximate surface area is 113 Å². The molecule has 1 N–H and O–H groups in total. The number of rotatable bonds is 3. The minimum atomic E-state index is -0.944. The van der Waals surface area contributed by atoms with Crippen LogP contribution in [-0.2, 0) is 0 Å². The van der Waals surface area contributed by atoms with Crippen LogP contribution in [0.4, 0.5) is 0 Å². The average molecular weight is 309 g/mol. The highest BCUT2D eigenvalue weighted by molar-refractivity contribution is 9.10. The number of aromatic carboxylic acids is 1. The van der Waals surface area contributed by atoms with Gasteiger partial charge in [-0.2, -0.15) is 5.10 Å². The number of benzene rings is 1. The predicted molar refractivity (Wildman–Crippen MR) is 72.3 cm³/mol. The van der Waals surface area contributed by atoms with Crippen molar-refractivity contribution in [2.75, 3.05) is 0 Å². The number of hydrogen-bond donors (Lipinski definition) is 1. The molecule has 0 atom stereocenters. The van der Waals surface area contributed by atoms with Gasteiger partial charge in [0.05, 0.1) is 11.4 Å². The molecule has 4 nitrogen and oxygen atoms in total. The van der Waals surface area contributed by atoms with Gasteiger partial charge in [-0.15, -0.1) is 0 Å². The molecule has 0 spiro atoms. The van der Waals surface area contributed by atoms with E-state index < -0.39 is 5.97 Å². The maximum absolute atomic E-state index is 11.2. The summed E-state index contributed by atoms with van der Waals surface area (Å²) >= 11 is 3.39. The number of halogens is 1. The molecule has 0 bridgehead atoms. The fourth-order valence-corrected chi connectivity index (χ4v) is 2.12. The highest BCUT2D eigenvalue weighted by Gasteiger charge is 2.18. The van der Waals surface area contributed by atoms with Gasteiger partial charge in [0.1, 0.15) is 5.56 Å². The number of nitrogens with zero attached hydrogens (tertiary/aromatic N) is 2. The lowest BCUT2D eigenvalue weighted by molar-refractivity contribution is 0.0695. The SMILES string of the molecule is CC(C)c1nn(-c2cccc(Br)c2)cc1C(=O)O. The van der Waals surface area contributed by atoms with Crippen molar-refractivity contribution in [3.63, 3.8) is 0 Å². The fraction of sp³-hybridized carbons (Fsp3) is 0.231. The summed E-state index contributed by atoms with van der Waals surface area (Å²) < 4.78 is 2.53. The maximum Gasteiger partial charge on any atom is 0.339 e. The molecule has 5 heteroatoms. The van der Waals surface area contributed by atoms with E-state index in [1.807, 2.05) is 38.1 Å². The van der Waals surface area contributed by atoms with Crippen LogP contribution in [0, 0.1) is 0 Å². The third-order valence-electron chi connectivity index (χ3n) is 2.59. The summed E-state index contributed by atoms with van der Waals surface area (Å²) in [6.07, 6.45) is 1.56. The van der Waals surface area contributed by atoms with Gasteiger partial charge < -0.3 is 5.11 Å². The second-order valence-electron chi connectivity index (χ2n) is 4.31. The van der Waals surface area contributed by atoms with Crippen molar-refractivity contribution < 1.29 is 9.90 Å². The Balaban J connectivity index is 2.53. The van der Waals surface area contributed by atoms with E-state index in [9.17, 15) is 4.79 Å². The van der Waals surface area contributed by atoms with Crippen molar-refractivity contribution in [3.05, 3.63) is 46.2 Å². The normalized spacial score (nSPS) is 10.9. The van der Waals surface area contributed by atoms with Crippen molar-refractivity contribution in [2.45, 2.75) is 19.8 Å². The van der Waals surface area contributed by atoms with Gasteiger partial charge in [0.2, 0.25) is 0 Å². The highest BCUT2D eigenvalue weighted by Crippen LogP contribution is 2.21. The molecule has 1 aromatic carbocycles. The quantitative estimate of drug-likeness (QED) is 0.944. The van der Waals surface area contributed by atoms with Crippen molar-refractivity contribution in [1.29, 1.82) is 0 Å². The van der Waals surface area contributed by atoms with Gasteiger partial charge in [0, 0.05) is 10.7 Å². The first kappa shape index (κ1) is 12.8. The van der Waals surface area contributed by atoms with Gasteiger partial charge >= 0.3 is 5.97 Å². The molecule has 94 valence electrons. The van der Waals surface area contributed by atoms with E-state index in [-0.39, 0.29) is 11.5 Å². The smallest absolute Gasteiger partial charge is 0.339 e. The van der Waals surface area contributed by atoms with E-state index in [2.05, 4.69) is 21.0 Å². The van der Waals surface area contributed by atoms with E-state index in [0.29, 0.717) is 5.69 Å². The number of carboxylic acids is 1. The Morgan fingerprint density at radius 2 is 2.17 bits per heavy atom. The van der Waals surface area contributed by atoms with Gasteiger partial charge in [-0.3, -0.25) is 0 Å². The Morgan fingerprint density at radius 3 is 2.67 bits per heavy atom. The zero-order valence-corrected chi connectivity index (χ0v) is 11.7. The first-order valence-corrected chi connectivity index (χ1v) is 6.37. The zero-order valence-electron chi connectivity index (χ0n) is 10.1. The summed E-state index contributed by atoms with van der Waals surface area (Å²) in [6.45, 7) is 3.86. The monoisotopic (exact) mass is 308 g/mol. The number of carbonyl (C=O) groups is 1. The molecule has 0 aliphatic rings. The highest BCUT2D eigenvalue weighted by atomic mass is 79.9. The Morgan fingerprint density at radius 1 is 1.44 bits per heavy atom. The van der Waals surface area contributed by atoms with E-state index in [1.165, 1.54) is 0 Å². The molecule has 0 fully saturated rings. The van der Waals surface area contributed by atoms with Crippen molar-refractivity contribution in [3.8, 4) is 5.69 Å². The standard InChI is InChI=1S/C13H13BrN2O2/c1-8(2)12-11(13(17)18)7-16(15-12)10-5-3-4-9(14)6-10/h3-8H,1-2H3,(H,17,18). The van der Waals surface area contributed by atoms with E-state index in [4.69, 9.17) is 5.11 Å². The van der Waals surface area contributed by atoms with Gasteiger partial charge in [-0.25, -0.2) is 9.48 Å². The second-order valence-corrected chi connectivity index (χ2v) is 5.23. The predicted octanol–water partition coefficient (Wildman–Crippen LogP) is 3.46. The molecule has 1 aromatic heterocycles. The second kappa shape index (κ2) is 4.94. The number of aromatic nitrogens is 2. The number of carboxylic acid groups (broad SMARTS) is 1. The molecule has 18 heavy (non-hydrogen) atoms. The molecule has 0 saturated heterocycles. The van der Waals surface area contributed by atoms with Crippen LogP contribution in [0.5, 0.6) is 0 Å². The summed E-state index contributed by atoms with van der Waals surface area (Å²) in [5.74, 6) is -0.871. The molecule has 0 radical (unpaired) electrons. The summed E-state index contributed by atoms with van der Waals surface area (Å²) in [4.78, 5) is 11.2. The van der Waals surface area contributed by atoms with Gasteiger partial charge in [-0.05, 0) is 24.1 Å². The van der Waals surface area contributed by atoms with Gasteiger partial charge in [-0.1, -0.05) is 35.8 Å². The summed E-state index contributed by atoms with van der Waals surface area (Å²) in [5.41, 5.74) is 1.69. The number of hydrogen-bond acceptors (Lipinski definition) is 2. The largest absolute Gasteiger partial charge is 0.478 e. The van der Waals surface area contributed by atoms with Crippen molar-refractivity contribution >= 4 is 21.9 Å². The first-order valence-electron chi connectivity index (χ1n) is 5.58. The Bertz CT molecular complexity index is 590. The first-order chi connectivity index (χ1) is 8.49. The topological polar surface area (TPSA) is 55.1 Å². The summed E-state index contributed by atoms with van der Waals surface area (Å²) in [5, 5.41) is 13.5. The molecule has 0 saturated carbocycles. The maximum atomic E-state index is 11.2. The zero-order chi connectivity index (χ0) is 13.3. The lowest BCUT2D eigenvalue weighted by atomic mass is 10.1. The van der Waals surface area contributed by atoms with Crippen LogP contribution in [0.3, 0.4) is 0 Å². The molecule has 2 rings (SSSR count). The van der Waals surface area contributed by atoms with Crippen LogP contribution in [-0.4, -0.2) is 20.9 Å². The van der Waals surface area contributed by atoms with Crippen LogP contribution in [0.2, 0.25) is 0 Å². The van der Waals surface area contributed by atoms with E-state index >= 15 is 0 Å². The third kappa shape index (κ3) is 2.46. The van der Waals surface area contributed by atoms with Gasteiger partial charge in [0.25, 0.3) is 0 Å². The average Bonchev–Trinajstić information content (AvgIpc) is 2.73. The summed E-state index contributed by atoms with van der Waals surface area (Å²) in [7, 11) is 0. The van der Waals surface area contributed by atoms with Crippen LogP contribution >= 0.6 is 15.9 Å². The van der Waals surface area contributed by atoms with Crippen molar-refractivity contribution in [2.24, 2.45) is 0 Å². The van der Waals surface area contributed by atoms with Crippen molar-refractivity contribution in [1.82, 2.24) is 9.78 Å². The lowest BCUT2D eigenvalue weighted by Crippen LogP contribution is -2.01. The van der Waals surface area contributed by atoms with Crippen LogP contribution in [0.15, 0.2) is 34.9 Å². The fourth-order valence-electron chi connectivity index (χ4n) is 1.73. The molecule has 1 heterocycles. The van der Waals surface area contributed by atoms with E-state index in [1.54, 1.807) is 10.9 Å². The molecule has 0 unspecified atom stereocenters.